The van der Waals surface area contributed by atoms with Crippen molar-refractivity contribution in [1.82, 2.24) is 5.16 Å². The van der Waals surface area contributed by atoms with Gasteiger partial charge in [-0.05, 0) is 41.9 Å². The lowest BCUT2D eigenvalue weighted by molar-refractivity contribution is 0.392. The molecule has 2 aromatic rings. The van der Waals surface area contributed by atoms with Gasteiger partial charge in [0.2, 0.25) is 0 Å². The van der Waals surface area contributed by atoms with Crippen LogP contribution in [0.3, 0.4) is 0 Å². The van der Waals surface area contributed by atoms with Crippen LogP contribution in [0.25, 0.3) is 0 Å². The number of nitrogens with one attached hydrogen (secondary N) is 1. The molecule has 0 amide bonds. The van der Waals surface area contributed by atoms with Crippen molar-refractivity contribution in [1.29, 1.82) is 0 Å². The van der Waals surface area contributed by atoms with E-state index in [0.29, 0.717) is 0 Å². The van der Waals surface area contributed by atoms with E-state index in [4.69, 9.17) is 4.52 Å². The molecule has 1 aromatic heterocycles. The fourth-order valence-corrected chi connectivity index (χ4v) is 1.97. The Kier molecular flexibility index (Phi) is 3.29. The van der Waals surface area contributed by atoms with E-state index in [2.05, 4.69) is 26.4 Å². The second-order valence-corrected chi connectivity index (χ2v) is 4.49. The molecule has 0 aliphatic rings. The van der Waals surface area contributed by atoms with Gasteiger partial charge in [0, 0.05) is 22.3 Å². The van der Waals surface area contributed by atoms with E-state index in [1.165, 1.54) is 0 Å². The van der Waals surface area contributed by atoms with Crippen molar-refractivity contribution in [2.45, 2.75) is 20.4 Å². The van der Waals surface area contributed by atoms with Gasteiger partial charge in [-0.15, -0.1) is 0 Å². The number of anilines is 1. The summed E-state index contributed by atoms with van der Waals surface area (Å²) in [7, 11) is 0. The van der Waals surface area contributed by atoms with E-state index >= 15 is 0 Å². The van der Waals surface area contributed by atoms with Gasteiger partial charge < -0.3 is 9.84 Å². The molecule has 4 heteroatoms. The molecular formula is C12H13BrN2O. The monoisotopic (exact) mass is 280 g/mol. The zero-order valence-electron chi connectivity index (χ0n) is 9.25. The first kappa shape index (κ1) is 11.2. The fraction of sp³-hybridized carbons (Fsp3) is 0.250. The van der Waals surface area contributed by atoms with Gasteiger partial charge in [-0.1, -0.05) is 17.3 Å². The first-order valence-electron chi connectivity index (χ1n) is 5.08. The van der Waals surface area contributed by atoms with Crippen LogP contribution in [0.4, 0.5) is 5.69 Å². The Bertz CT molecular complexity index is 474. The topological polar surface area (TPSA) is 38.1 Å². The zero-order valence-corrected chi connectivity index (χ0v) is 10.8. The largest absolute Gasteiger partial charge is 0.380 e. The van der Waals surface area contributed by atoms with Crippen LogP contribution < -0.4 is 5.32 Å². The molecule has 0 spiro atoms. The van der Waals surface area contributed by atoms with E-state index in [9.17, 15) is 0 Å². The Morgan fingerprint density at radius 1 is 1.31 bits per heavy atom. The highest BCUT2D eigenvalue weighted by Gasteiger charge is 2.08. The summed E-state index contributed by atoms with van der Waals surface area (Å²) in [4.78, 5) is 0. The standard InChI is InChI=1S/C12H13BrN2O/c1-8-10(9(2)16-15-8)7-14-12-6-4-3-5-11(12)13/h3-6,14H,7H2,1-2H3. The van der Waals surface area contributed by atoms with Crippen molar-refractivity contribution in [2.75, 3.05) is 5.32 Å². The van der Waals surface area contributed by atoms with Crippen LogP contribution in [0.1, 0.15) is 17.0 Å². The summed E-state index contributed by atoms with van der Waals surface area (Å²) in [5.41, 5.74) is 3.13. The number of benzene rings is 1. The fourth-order valence-electron chi connectivity index (χ4n) is 1.54. The molecule has 0 fully saturated rings. The number of rotatable bonds is 3. The van der Waals surface area contributed by atoms with E-state index < -0.39 is 0 Å². The minimum atomic E-state index is 0.726. The Balaban J connectivity index is 2.11. The molecule has 3 nitrogen and oxygen atoms in total. The smallest absolute Gasteiger partial charge is 0.138 e. The highest BCUT2D eigenvalue weighted by Crippen LogP contribution is 2.22. The number of nitrogens with zero attached hydrogens (tertiary/aromatic N) is 1. The normalized spacial score (nSPS) is 10.4. The third-order valence-electron chi connectivity index (χ3n) is 2.51. The lowest BCUT2D eigenvalue weighted by atomic mass is 10.2. The summed E-state index contributed by atoms with van der Waals surface area (Å²) in [5, 5.41) is 7.27. The minimum Gasteiger partial charge on any atom is -0.380 e. The zero-order chi connectivity index (χ0) is 11.5. The van der Waals surface area contributed by atoms with Crippen molar-refractivity contribution in [3.8, 4) is 0 Å². The summed E-state index contributed by atoms with van der Waals surface area (Å²) in [5.74, 6) is 0.872. The van der Waals surface area contributed by atoms with Gasteiger partial charge in [-0.25, -0.2) is 0 Å². The van der Waals surface area contributed by atoms with Crippen molar-refractivity contribution in [2.24, 2.45) is 0 Å². The number of hydrogen-bond acceptors (Lipinski definition) is 3. The van der Waals surface area contributed by atoms with Gasteiger partial charge in [0.05, 0.1) is 5.69 Å². The molecule has 0 aliphatic carbocycles. The first-order valence-corrected chi connectivity index (χ1v) is 5.88. The summed E-state index contributed by atoms with van der Waals surface area (Å²) in [6.07, 6.45) is 0. The average molecular weight is 281 g/mol. The molecule has 0 atom stereocenters. The van der Waals surface area contributed by atoms with Gasteiger partial charge in [0.15, 0.2) is 0 Å². The Labute approximate surface area is 103 Å². The predicted molar refractivity (Wildman–Crippen MR) is 67.4 cm³/mol. The molecule has 84 valence electrons. The molecule has 0 aliphatic heterocycles. The second-order valence-electron chi connectivity index (χ2n) is 3.64. The maximum absolute atomic E-state index is 5.11. The van der Waals surface area contributed by atoms with Crippen LogP contribution in [0, 0.1) is 13.8 Å². The SMILES string of the molecule is Cc1noc(C)c1CNc1ccccc1Br. The maximum atomic E-state index is 5.11. The molecule has 0 unspecified atom stereocenters. The highest BCUT2D eigenvalue weighted by atomic mass is 79.9. The summed E-state index contributed by atoms with van der Waals surface area (Å²) >= 11 is 3.50. The lowest BCUT2D eigenvalue weighted by Gasteiger charge is -2.07. The van der Waals surface area contributed by atoms with Gasteiger partial charge >= 0.3 is 0 Å². The summed E-state index contributed by atoms with van der Waals surface area (Å²) in [6, 6.07) is 8.03. The average Bonchev–Trinajstić information content (AvgIpc) is 2.58. The van der Waals surface area contributed by atoms with Crippen LogP contribution in [0.15, 0.2) is 33.3 Å². The Morgan fingerprint density at radius 2 is 2.06 bits per heavy atom. The van der Waals surface area contributed by atoms with Crippen molar-refractivity contribution >= 4 is 21.6 Å². The number of hydrogen-bond donors (Lipinski definition) is 1. The van der Waals surface area contributed by atoms with Gasteiger partial charge in [0.1, 0.15) is 5.76 Å². The van der Waals surface area contributed by atoms with Gasteiger partial charge in [-0.2, -0.15) is 0 Å². The Hall–Kier alpha value is -1.29. The van der Waals surface area contributed by atoms with Crippen LogP contribution in [0.5, 0.6) is 0 Å². The molecule has 1 N–H and O–H groups in total. The highest BCUT2D eigenvalue weighted by molar-refractivity contribution is 9.10. The van der Waals surface area contributed by atoms with Crippen molar-refractivity contribution in [3.63, 3.8) is 0 Å². The number of halogens is 1. The van der Waals surface area contributed by atoms with Crippen molar-refractivity contribution in [3.05, 3.63) is 45.8 Å². The lowest BCUT2D eigenvalue weighted by Crippen LogP contribution is -2.01. The molecular weight excluding hydrogens is 268 g/mol. The predicted octanol–water partition coefficient (Wildman–Crippen LogP) is 3.67. The Morgan fingerprint density at radius 3 is 2.69 bits per heavy atom. The van der Waals surface area contributed by atoms with Crippen LogP contribution >= 0.6 is 15.9 Å². The first-order chi connectivity index (χ1) is 7.68. The second kappa shape index (κ2) is 4.70. The third kappa shape index (κ3) is 2.27. The molecule has 2 rings (SSSR count). The van der Waals surface area contributed by atoms with E-state index in [0.717, 1.165) is 33.7 Å². The molecule has 16 heavy (non-hydrogen) atoms. The molecule has 1 heterocycles. The van der Waals surface area contributed by atoms with Crippen LogP contribution in [0.2, 0.25) is 0 Å². The van der Waals surface area contributed by atoms with Crippen LogP contribution in [-0.4, -0.2) is 5.16 Å². The van der Waals surface area contributed by atoms with E-state index in [1.807, 2.05) is 38.1 Å². The molecule has 0 radical (unpaired) electrons. The van der Waals surface area contributed by atoms with Gasteiger partial charge in [0.25, 0.3) is 0 Å². The van der Waals surface area contributed by atoms with Crippen molar-refractivity contribution < 1.29 is 4.52 Å². The molecule has 0 bridgehead atoms. The molecule has 0 saturated heterocycles. The number of para-hydroxylation sites is 1. The third-order valence-corrected chi connectivity index (χ3v) is 3.20. The molecule has 1 aromatic carbocycles. The number of aromatic nitrogens is 1. The summed E-state index contributed by atoms with van der Waals surface area (Å²) < 4.78 is 6.17. The number of aryl methyl sites for hydroxylation is 2. The van der Waals surface area contributed by atoms with E-state index in [1.54, 1.807) is 0 Å². The maximum Gasteiger partial charge on any atom is 0.138 e. The quantitative estimate of drug-likeness (QED) is 0.932. The van der Waals surface area contributed by atoms with Crippen LogP contribution in [-0.2, 0) is 6.54 Å². The summed E-state index contributed by atoms with van der Waals surface area (Å²) in [6.45, 7) is 4.61. The molecule has 0 saturated carbocycles. The minimum absolute atomic E-state index is 0.726. The van der Waals surface area contributed by atoms with Gasteiger partial charge in [-0.3, -0.25) is 0 Å². The van der Waals surface area contributed by atoms with E-state index in [-0.39, 0.29) is 0 Å².